The van der Waals surface area contributed by atoms with Gasteiger partial charge in [-0.3, -0.25) is 4.79 Å². The standard InChI is InChI=1S/C30H18Cl3N3O3/c31-21-8-5-18(6-9-21)17-38-27-11-7-19(13-24(27)33)16-34-36-29(35-25-4-2-1-3-23(25)30(36)37)28-15-20-14-22(32)10-12-26(20)39-28/h1-16H,17H2. The van der Waals surface area contributed by atoms with Crippen LogP contribution in [-0.2, 0) is 6.61 Å². The van der Waals surface area contributed by atoms with Gasteiger partial charge < -0.3 is 9.15 Å². The summed E-state index contributed by atoms with van der Waals surface area (Å²) in [6.45, 7) is 0.342. The first-order valence-electron chi connectivity index (χ1n) is 11.9. The molecule has 6 nitrogen and oxygen atoms in total. The number of furan rings is 1. The van der Waals surface area contributed by atoms with E-state index in [-0.39, 0.29) is 11.4 Å². The van der Waals surface area contributed by atoms with Crippen molar-refractivity contribution in [3.63, 3.8) is 0 Å². The number of hydrogen-bond acceptors (Lipinski definition) is 5. The van der Waals surface area contributed by atoms with E-state index in [4.69, 9.17) is 48.9 Å². The van der Waals surface area contributed by atoms with E-state index >= 15 is 0 Å². The molecule has 2 heterocycles. The Morgan fingerprint density at radius 1 is 0.897 bits per heavy atom. The molecule has 0 saturated heterocycles. The van der Waals surface area contributed by atoms with Crippen molar-refractivity contribution in [3.8, 4) is 17.3 Å². The number of aromatic nitrogens is 2. The Morgan fingerprint density at radius 2 is 1.69 bits per heavy atom. The summed E-state index contributed by atoms with van der Waals surface area (Å²) in [7, 11) is 0. The van der Waals surface area contributed by atoms with Crippen LogP contribution < -0.4 is 10.3 Å². The van der Waals surface area contributed by atoms with E-state index in [1.165, 1.54) is 10.9 Å². The minimum Gasteiger partial charge on any atom is -0.487 e. The van der Waals surface area contributed by atoms with Crippen LogP contribution in [0, 0.1) is 0 Å². The lowest BCUT2D eigenvalue weighted by molar-refractivity contribution is 0.306. The molecule has 4 aromatic carbocycles. The van der Waals surface area contributed by atoms with Crippen molar-refractivity contribution in [1.82, 2.24) is 9.66 Å². The third-order valence-corrected chi connectivity index (χ3v) is 6.82. The second kappa shape index (κ2) is 10.6. The Hall–Kier alpha value is -4.10. The average molecular weight is 575 g/mol. The molecule has 0 N–H and O–H groups in total. The lowest BCUT2D eigenvalue weighted by atomic mass is 10.2. The normalized spacial score (nSPS) is 11.6. The third kappa shape index (κ3) is 5.27. The number of nitrogens with zero attached hydrogens (tertiary/aromatic N) is 3. The van der Waals surface area contributed by atoms with Gasteiger partial charge in [-0.25, -0.2) is 4.98 Å². The van der Waals surface area contributed by atoms with Gasteiger partial charge in [-0.15, -0.1) is 0 Å². The summed E-state index contributed by atoms with van der Waals surface area (Å²) < 4.78 is 13.1. The maximum Gasteiger partial charge on any atom is 0.282 e. The highest BCUT2D eigenvalue weighted by Crippen LogP contribution is 2.29. The van der Waals surface area contributed by atoms with Gasteiger partial charge in [0.1, 0.15) is 17.9 Å². The Labute approximate surface area is 237 Å². The number of rotatable bonds is 6. The largest absolute Gasteiger partial charge is 0.487 e. The van der Waals surface area contributed by atoms with Crippen molar-refractivity contribution in [2.75, 3.05) is 0 Å². The van der Waals surface area contributed by atoms with Crippen LogP contribution in [0.25, 0.3) is 33.5 Å². The third-order valence-electron chi connectivity index (χ3n) is 6.04. The molecule has 2 aromatic heterocycles. The summed E-state index contributed by atoms with van der Waals surface area (Å²) in [4.78, 5) is 18.2. The molecule has 0 aliphatic carbocycles. The molecule has 0 aliphatic heterocycles. The summed E-state index contributed by atoms with van der Waals surface area (Å²) in [5.74, 6) is 1.17. The van der Waals surface area contributed by atoms with Gasteiger partial charge in [-0.2, -0.15) is 9.78 Å². The van der Waals surface area contributed by atoms with Gasteiger partial charge in [0.05, 0.1) is 22.1 Å². The molecule has 0 unspecified atom stereocenters. The molecule has 0 amide bonds. The first-order valence-corrected chi connectivity index (χ1v) is 13.0. The highest BCUT2D eigenvalue weighted by Gasteiger charge is 2.16. The van der Waals surface area contributed by atoms with Crippen LogP contribution in [0.5, 0.6) is 5.75 Å². The van der Waals surface area contributed by atoms with E-state index in [2.05, 4.69) is 5.10 Å². The van der Waals surface area contributed by atoms with Crippen LogP contribution >= 0.6 is 34.8 Å². The monoisotopic (exact) mass is 573 g/mol. The molecule has 192 valence electrons. The van der Waals surface area contributed by atoms with Gasteiger partial charge in [-0.1, -0.05) is 59.1 Å². The summed E-state index contributed by atoms with van der Waals surface area (Å²) in [6.07, 6.45) is 1.54. The average Bonchev–Trinajstić information content (AvgIpc) is 3.36. The highest BCUT2D eigenvalue weighted by atomic mass is 35.5. The predicted octanol–water partition coefficient (Wildman–Crippen LogP) is 8.23. The molecule has 0 spiro atoms. The molecule has 0 saturated carbocycles. The first kappa shape index (κ1) is 25.2. The van der Waals surface area contributed by atoms with Gasteiger partial charge in [0, 0.05) is 15.4 Å². The molecule has 0 radical (unpaired) electrons. The molecular formula is C30H18Cl3N3O3. The molecule has 6 rings (SSSR count). The van der Waals surface area contributed by atoms with Crippen LogP contribution in [0.4, 0.5) is 0 Å². The lowest BCUT2D eigenvalue weighted by Gasteiger charge is -2.09. The van der Waals surface area contributed by atoms with Crippen molar-refractivity contribution in [3.05, 3.63) is 128 Å². The van der Waals surface area contributed by atoms with Crippen LogP contribution in [-0.4, -0.2) is 15.9 Å². The van der Waals surface area contributed by atoms with Crippen molar-refractivity contribution >= 4 is 62.9 Å². The number of ether oxygens (including phenoxy) is 1. The van der Waals surface area contributed by atoms with E-state index in [1.807, 2.05) is 18.2 Å². The summed E-state index contributed by atoms with van der Waals surface area (Å²) >= 11 is 18.6. The zero-order valence-corrected chi connectivity index (χ0v) is 22.4. The lowest BCUT2D eigenvalue weighted by Crippen LogP contribution is -2.20. The SMILES string of the molecule is O=c1c2ccccc2nc(-c2cc3cc(Cl)ccc3o2)n1N=Cc1ccc(OCc2ccc(Cl)cc2)c(Cl)c1. The maximum absolute atomic E-state index is 13.5. The molecule has 0 aliphatic rings. The van der Waals surface area contributed by atoms with Gasteiger partial charge in [0.15, 0.2) is 5.76 Å². The van der Waals surface area contributed by atoms with E-state index in [0.717, 1.165) is 10.9 Å². The number of benzene rings is 4. The van der Waals surface area contributed by atoms with Crippen molar-refractivity contribution in [2.45, 2.75) is 6.61 Å². The van der Waals surface area contributed by atoms with E-state index in [0.29, 0.717) is 55.2 Å². The molecule has 0 bridgehead atoms. The van der Waals surface area contributed by atoms with Crippen LogP contribution in [0.2, 0.25) is 15.1 Å². The summed E-state index contributed by atoms with van der Waals surface area (Å²) in [5, 5.41) is 7.35. The molecular weight excluding hydrogens is 557 g/mol. The van der Waals surface area contributed by atoms with Gasteiger partial charge >= 0.3 is 0 Å². The zero-order valence-electron chi connectivity index (χ0n) is 20.1. The molecule has 39 heavy (non-hydrogen) atoms. The van der Waals surface area contributed by atoms with E-state index in [1.54, 1.807) is 72.8 Å². The molecule has 9 heteroatoms. The number of para-hydroxylation sites is 1. The Kier molecular flexibility index (Phi) is 6.83. The van der Waals surface area contributed by atoms with E-state index in [9.17, 15) is 4.79 Å². The topological polar surface area (TPSA) is 69.6 Å². The van der Waals surface area contributed by atoms with Crippen LogP contribution in [0.1, 0.15) is 11.1 Å². The number of hydrogen-bond donors (Lipinski definition) is 0. The molecule has 0 fully saturated rings. The zero-order chi connectivity index (χ0) is 26.9. The van der Waals surface area contributed by atoms with Crippen molar-refractivity contribution in [1.29, 1.82) is 0 Å². The van der Waals surface area contributed by atoms with E-state index < -0.39 is 0 Å². The number of fused-ring (bicyclic) bond motifs is 2. The molecule has 6 aromatic rings. The summed E-state index contributed by atoms with van der Waals surface area (Å²) in [6, 6.07) is 26.8. The minimum absolute atomic E-state index is 0.260. The highest BCUT2D eigenvalue weighted by molar-refractivity contribution is 6.32. The van der Waals surface area contributed by atoms with Gasteiger partial charge in [-0.05, 0) is 77.9 Å². The Morgan fingerprint density at radius 3 is 2.51 bits per heavy atom. The predicted molar refractivity (Wildman–Crippen MR) is 156 cm³/mol. The fourth-order valence-electron chi connectivity index (χ4n) is 4.10. The fourth-order valence-corrected chi connectivity index (χ4v) is 4.65. The number of halogens is 3. The Balaban J connectivity index is 1.35. The smallest absolute Gasteiger partial charge is 0.282 e. The second-order valence-corrected chi connectivity index (χ2v) is 9.99. The quantitative estimate of drug-likeness (QED) is 0.188. The van der Waals surface area contributed by atoms with Gasteiger partial charge in [0.25, 0.3) is 5.56 Å². The molecule has 0 atom stereocenters. The first-order chi connectivity index (χ1) is 18.9. The maximum atomic E-state index is 13.5. The van der Waals surface area contributed by atoms with Crippen molar-refractivity contribution in [2.24, 2.45) is 5.10 Å². The second-order valence-electron chi connectivity index (χ2n) is 8.71. The summed E-state index contributed by atoms with van der Waals surface area (Å²) in [5.41, 5.74) is 2.45. The van der Waals surface area contributed by atoms with Crippen LogP contribution in [0.3, 0.4) is 0 Å². The fraction of sp³-hybridized carbons (Fsp3) is 0.0333. The minimum atomic E-state index is -0.334. The van der Waals surface area contributed by atoms with Crippen LogP contribution in [0.15, 0.2) is 105 Å². The van der Waals surface area contributed by atoms with Gasteiger partial charge in [0.2, 0.25) is 5.82 Å². The Bertz CT molecular complexity index is 1930. The van der Waals surface area contributed by atoms with Crippen molar-refractivity contribution < 1.29 is 9.15 Å².